The van der Waals surface area contributed by atoms with Crippen molar-refractivity contribution in [3.63, 3.8) is 0 Å². The van der Waals surface area contributed by atoms with Gasteiger partial charge in [-0.1, -0.05) is 0 Å². The SMILES string of the molecule is CCOc1ccc(C(=O)NNC(=O)c2cc(NC(C)=O)cc(NC(C)=O)c2)cc1OC. The zero-order valence-electron chi connectivity index (χ0n) is 17.6. The van der Waals surface area contributed by atoms with Crippen molar-refractivity contribution in [3.8, 4) is 11.5 Å². The minimum absolute atomic E-state index is 0.111. The third-order valence-electron chi connectivity index (χ3n) is 3.85. The molecule has 0 aliphatic heterocycles. The summed E-state index contributed by atoms with van der Waals surface area (Å²) in [5, 5.41) is 5.10. The largest absolute Gasteiger partial charge is 0.493 e. The van der Waals surface area contributed by atoms with Gasteiger partial charge in [-0.05, 0) is 43.3 Å². The molecule has 2 rings (SSSR count). The molecule has 0 aliphatic carbocycles. The molecule has 4 N–H and O–H groups in total. The third kappa shape index (κ3) is 6.74. The van der Waals surface area contributed by atoms with Crippen LogP contribution in [0.2, 0.25) is 0 Å². The molecule has 31 heavy (non-hydrogen) atoms. The number of hydrogen-bond acceptors (Lipinski definition) is 6. The summed E-state index contributed by atoms with van der Waals surface area (Å²) in [5.74, 6) is -1.04. The fourth-order valence-corrected chi connectivity index (χ4v) is 2.65. The molecule has 0 aromatic heterocycles. The third-order valence-corrected chi connectivity index (χ3v) is 3.85. The van der Waals surface area contributed by atoms with Gasteiger partial charge in [-0.15, -0.1) is 0 Å². The number of benzene rings is 2. The van der Waals surface area contributed by atoms with Gasteiger partial charge in [0.15, 0.2) is 11.5 Å². The van der Waals surface area contributed by atoms with Crippen LogP contribution in [0.4, 0.5) is 11.4 Å². The Balaban J connectivity index is 2.14. The Morgan fingerprint density at radius 3 is 1.81 bits per heavy atom. The lowest BCUT2D eigenvalue weighted by Gasteiger charge is -2.13. The molecule has 2 aromatic rings. The summed E-state index contributed by atoms with van der Waals surface area (Å²) >= 11 is 0. The maximum Gasteiger partial charge on any atom is 0.269 e. The highest BCUT2D eigenvalue weighted by Gasteiger charge is 2.14. The van der Waals surface area contributed by atoms with Crippen LogP contribution in [0.15, 0.2) is 36.4 Å². The van der Waals surface area contributed by atoms with Crippen LogP contribution in [0.5, 0.6) is 11.5 Å². The molecule has 0 aliphatic rings. The van der Waals surface area contributed by atoms with E-state index in [2.05, 4.69) is 21.5 Å². The number of ether oxygens (including phenoxy) is 2. The summed E-state index contributed by atoms with van der Waals surface area (Å²) in [7, 11) is 1.45. The summed E-state index contributed by atoms with van der Waals surface area (Å²) in [5.41, 5.74) is 5.59. The standard InChI is InChI=1S/C21H24N4O6/c1-5-31-18-7-6-14(10-19(18)30-4)20(28)24-25-21(29)15-8-16(22-12(2)26)11-17(9-15)23-13(3)27/h6-11H,5H2,1-4H3,(H,22,26)(H,23,27)(H,24,28)(H,25,29). The van der Waals surface area contributed by atoms with Crippen molar-refractivity contribution >= 4 is 35.0 Å². The molecule has 0 atom stereocenters. The van der Waals surface area contributed by atoms with Gasteiger partial charge in [-0.3, -0.25) is 30.0 Å². The Morgan fingerprint density at radius 1 is 0.774 bits per heavy atom. The van der Waals surface area contributed by atoms with Crippen LogP contribution >= 0.6 is 0 Å². The fourth-order valence-electron chi connectivity index (χ4n) is 2.65. The molecule has 0 fully saturated rings. The van der Waals surface area contributed by atoms with Crippen LogP contribution in [-0.4, -0.2) is 37.3 Å². The summed E-state index contributed by atoms with van der Waals surface area (Å²) in [6.07, 6.45) is 0. The van der Waals surface area contributed by atoms with Crippen molar-refractivity contribution < 1.29 is 28.7 Å². The van der Waals surface area contributed by atoms with E-state index >= 15 is 0 Å². The lowest BCUT2D eigenvalue weighted by atomic mass is 10.1. The molecule has 10 nitrogen and oxygen atoms in total. The van der Waals surface area contributed by atoms with Gasteiger partial charge in [0.1, 0.15) is 0 Å². The second kappa shape index (κ2) is 10.6. The first-order valence-electron chi connectivity index (χ1n) is 9.35. The quantitative estimate of drug-likeness (QED) is 0.499. The average Bonchev–Trinajstić information content (AvgIpc) is 2.71. The maximum absolute atomic E-state index is 12.5. The number of anilines is 2. The summed E-state index contributed by atoms with van der Waals surface area (Å²) in [6, 6.07) is 8.93. The van der Waals surface area contributed by atoms with E-state index in [-0.39, 0.29) is 22.9 Å². The van der Waals surface area contributed by atoms with Gasteiger partial charge < -0.3 is 20.1 Å². The van der Waals surface area contributed by atoms with Crippen LogP contribution in [-0.2, 0) is 9.59 Å². The van der Waals surface area contributed by atoms with Crippen molar-refractivity contribution in [2.24, 2.45) is 0 Å². The molecule has 2 aromatic carbocycles. The van der Waals surface area contributed by atoms with Gasteiger partial charge in [0.05, 0.1) is 13.7 Å². The fraction of sp³-hybridized carbons (Fsp3) is 0.238. The van der Waals surface area contributed by atoms with E-state index in [1.807, 2.05) is 6.92 Å². The Bertz CT molecular complexity index is 971. The first kappa shape index (κ1) is 23.2. The maximum atomic E-state index is 12.5. The van der Waals surface area contributed by atoms with E-state index < -0.39 is 11.8 Å². The summed E-state index contributed by atoms with van der Waals surface area (Å²) in [6.45, 7) is 4.90. The van der Waals surface area contributed by atoms with Gasteiger partial charge in [-0.25, -0.2) is 0 Å². The van der Waals surface area contributed by atoms with E-state index in [1.165, 1.54) is 51.3 Å². The Labute approximate surface area is 179 Å². The molecule has 0 saturated carbocycles. The second-order valence-electron chi connectivity index (χ2n) is 6.37. The first-order chi connectivity index (χ1) is 14.7. The van der Waals surface area contributed by atoms with E-state index in [0.29, 0.717) is 29.5 Å². The van der Waals surface area contributed by atoms with Gasteiger partial charge in [0, 0.05) is 36.3 Å². The highest BCUT2D eigenvalue weighted by atomic mass is 16.5. The zero-order chi connectivity index (χ0) is 23.0. The molecule has 4 amide bonds. The lowest BCUT2D eigenvalue weighted by molar-refractivity contribution is -0.115. The molecule has 0 saturated heterocycles. The van der Waals surface area contributed by atoms with Gasteiger partial charge in [0.25, 0.3) is 11.8 Å². The Kier molecular flexibility index (Phi) is 7.95. The Hall–Kier alpha value is -4.08. The van der Waals surface area contributed by atoms with Crippen molar-refractivity contribution in [3.05, 3.63) is 47.5 Å². The molecular weight excluding hydrogens is 404 g/mol. The minimum atomic E-state index is -0.648. The molecule has 0 unspecified atom stereocenters. The van der Waals surface area contributed by atoms with Crippen molar-refractivity contribution in [2.75, 3.05) is 24.4 Å². The smallest absolute Gasteiger partial charge is 0.269 e. The van der Waals surface area contributed by atoms with Crippen molar-refractivity contribution in [1.29, 1.82) is 0 Å². The van der Waals surface area contributed by atoms with Gasteiger partial charge >= 0.3 is 0 Å². The molecule has 0 heterocycles. The monoisotopic (exact) mass is 428 g/mol. The van der Waals surface area contributed by atoms with Crippen LogP contribution < -0.4 is 31.0 Å². The summed E-state index contributed by atoms with van der Waals surface area (Å²) < 4.78 is 10.6. The molecule has 164 valence electrons. The van der Waals surface area contributed by atoms with Crippen LogP contribution in [0, 0.1) is 0 Å². The number of hydrogen-bond donors (Lipinski definition) is 4. The van der Waals surface area contributed by atoms with Crippen LogP contribution in [0.25, 0.3) is 0 Å². The number of amides is 4. The molecule has 0 bridgehead atoms. The highest BCUT2D eigenvalue weighted by Crippen LogP contribution is 2.28. The molecule has 0 radical (unpaired) electrons. The molecule has 10 heteroatoms. The van der Waals surface area contributed by atoms with Crippen LogP contribution in [0.3, 0.4) is 0 Å². The summed E-state index contributed by atoms with van der Waals surface area (Å²) in [4.78, 5) is 47.6. The number of hydrazine groups is 1. The lowest BCUT2D eigenvalue weighted by Crippen LogP contribution is -2.41. The van der Waals surface area contributed by atoms with Crippen molar-refractivity contribution in [2.45, 2.75) is 20.8 Å². The normalized spacial score (nSPS) is 9.94. The average molecular weight is 428 g/mol. The van der Waals surface area contributed by atoms with E-state index in [0.717, 1.165) is 0 Å². The second-order valence-corrected chi connectivity index (χ2v) is 6.37. The van der Waals surface area contributed by atoms with E-state index in [1.54, 1.807) is 6.07 Å². The number of rotatable bonds is 7. The molecular formula is C21H24N4O6. The number of nitrogens with one attached hydrogen (secondary N) is 4. The number of carbonyl (C=O) groups is 4. The minimum Gasteiger partial charge on any atom is -0.493 e. The van der Waals surface area contributed by atoms with E-state index in [4.69, 9.17) is 9.47 Å². The van der Waals surface area contributed by atoms with Crippen LogP contribution in [0.1, 0.15) is 41.5 Å². The molecule has 0 spiro atoms. The topological polar surface area (TPSA) is 135 Å². The number of carbonyl (C=O) groups excluding carboxylic acids is 4. The predicted octanol–water partition coefficient (Wildman–Crippen LogP) is 2.09. The van der Waals surface area contributed by atoms with Crippen molar-refractivity contribution in [1.82, 2.24) is 10.9 Å². The zero-order valence-corrected chi connectivity index (χ0v) is 17.6. The predicted molar refractivity (Wildman–Crippen MR) is 114 cm³/mol. The van der Waals surface area contributed by atoms with E-state index in [9.17, 15) is 19.2 Å². The van der Waals surface area contributed by atoms with Gasteiger partial charge in [-0.2, -0.15) is 0 Å². The number of methoxy groups -OCH3 is 1. The van der Waals surface area contributed by atoms with Gasteiger partial charge in [0.2, 0.25) is 11.8 Å². The Morgan fingerprint density at radius 2 is 1.32 bits per heavy atom. The highest BCUT2D eigenvalue weighted by molar-refractivity contribution is 6.02. The first-order valence-corrected chi connectivity index (χ1v) is 9.35.